The molecular weight excluding hydrogens is 176 g/mol. The number of carbonyl (C=O) groups is 1. The SMILES string of the molecule is C[C@]12CCC[C@@H](O)[C@]1(C)CC(=O)CC2. The van der Waals surface area contributed by atoms with E-state index >= 15 is 0 Å². The van der Waals surface area contributed by atoms with Crippen molar-refractivity contribution < 1.29 is 9.90 Å². The van der Waals surface area contributed by atoms with Gasteiger partial charge in [-0.3, -0.25) is 4.79 Å². The Labute approximate surface area is 85.7 Å². The molecule has 3 atom stereocenters. The van der Waals surface area contributed by atoms with Gasteiger partial charge in [0.1, 0.15) is 5.78 Å². The molecule has 0 aromatic rings. The van der Waals surface area contributed by atoms with Crippen molar-refractivity contribution in [3.63, 3.8) is 0 Å². The van der Waals surface area contributed by atoms with E-state index in [1.165, 1.54) is 6.42 Å². The van der Waals surface area contributed by atoms with Gasteiger partial charge in [0, 0.05) is 18.3 Å². The number of ketones is 1. The van der Waals surface area contributed by atoms with E-state index in [4.69, 9.17) is 0 Å². The molecule has 80 valence electrons. The van der Waals surface area contributed by atoms with Crippen LogP contribution in [-0.4, -0.2) is 17.0 Å². The van der Waals surface area contributed by atoms with Crippen LogP contribution in [0.3, 0.4) is 0 Å². The van der Waals surface area contributed by atoms with Crippen LogP contribution in [0.25, 0.3) is 0 Å². The average Bonchev–Trinajstić information content (AvgIpc) is 2.11. The highest BCUT2D eigenvalue weighted by atomic mass is 16.3. The van der Waals surface area contributed by atoms with Gasteiger partial charge in [0.2, 0.25) is 0 Å². The molecule has 0 bridgehead atoms. The minimum Gasteiger partial charge on any atom is -0.393 e. The number of hydrogen-bond acceptors (Lipinski definition) is 2. The molecule has 2 aliphatic rings. The van der Waals surface area contributed by atoms with Crippen LogP contribution in [0.4, 0.5) is 0 Å². The Morgan fingerprint density at radius 1 is 1.36 bits per heavy atom. The van der Waals surface area contributed by atoms with Gasteiger partial charge < -0.3 is 5.11 Å². The molecule has 2 heteroatoms. The zero-order valence-corrected chi connectivity index (χ0v) is 9.18. The summed E-state index contributed by atoms with van der Waals surface area (Å²) < 4.78 is 0. The first-order chi connectivity index (χ1) is 6.48. The van der Waals surface area contributed by atoms with Crippen LogP contribution >= 0.6 is 0 Å². The van der Waals surface area contributed by atoms with Crippen molar-refractivity contribution in [3.05, 3.63) is 0 Å². The summed E-state index contributed by atoms with van der Waals surface area (Å²) in [6, 6.07) is 0. The third-order valence-corrected chi connectivity index (χ3v) is 4.84. The number of rotatable bonds is 0. The van der Waals surface area contributed by atoms with Gasteiger partial charge >= 0.3 is 0 Å². The standard InChI is InChI=1S/C12H20O2/c1-11-6-3-4-10(14)12(11,2)8-9(13)5-7-11/h10,14H,3-8H2,1-2H3/t10-,11-,12+/m1/s1. The van der Waals surface area contributed by atoms with Crippen molar-refractivity contribution in [2.24, 2.45) is 10.8 Å². The Morgan fingerprint density at radius 3 is 2.79 bits per heavy atom. The molecule has 2 fully saturated rings. The van der Waals surface area contributed by atoms with E-state index in [9.17, 15) is 9.90 Å². The van der Waals surface area contributed by atoms with Crippen molar-refractivity contribution in [2.45, 2.75) is 58.5 Å². The van der Waals surface area contributed by atoms with Crippen molar-refractivity contribution in [2.75, 3.05) is 0 Å². The van der Waals surface area contributed by atoms with Gasteiger partial charge in [0.05, 0.1) is 6.10 Å². The minimum absolute atomic E-state index is 0.152. The highest BCUT2D eigenvalue weighted by Crippen LogP contribution is 2.57. The average molecular weight is 196 g/mol. The van der Waals surface area contributed by atoms with Crippen molar-refractivity contribution >= 4 is 5.78 Å². The largest absolute Gasteiger partial charge is 0.393 e. The summed E-state index contributed by atoms with van der Waals surface area (Å²) in [5.41, 5.74) is 0.0408. The van der Waals surface area contributed by atoms with Crippen molar-refractivity contribution in [1.29, 1.82) is 0 Å². The van der Waals surface area contributed by atoms with E-state index < -0.39 is 0 Å². The second kappa shape index (κ2) is 3.06. The summed E-state index contributed by atoms with van der Waals surface area (Å²) >= 11 is 0. The molecule has 0 aromatic carbocycles. The summed E-state index contributed by atoms with van der Waals surface area (Å²) in [6.07, 6.45) is 5.17. The number of aliphatic hydroxyl groups excluding tert-OH is 1. The molecule has 2 nitrogen and oxygen atoms in total. The fourth-order valence-electron chi connectivity index (χ4n) is 3.35. The molecule has 0 unspecified atom stereocenters. The Bertz CT molecular complexity index is 261. The van der Waals surface area contributed by atoms with E-state index in [0.29, 0.717) is 12.2 Å². The number of aliphatic hydroxyl groups is 1. The first kappa shape index (κ1) is 10.2. The zero-order valence-electron chi connectivity index (χ0n) is 9.18. The third kappa shape index (κ3) is 1.23. The van der Waals surface area contributed by atoms with Crippen LogP contribution in [-0.2, 0) is 4.79 Å². The molecule has 2 rings (SSSR count). The number of carbonyl (C=O) groups excluding carboxylic acids is 1. The molecule has 0 amide bonds. The van der Waals surface area contributed by atoms with Gasteiger partial charge in [-0.25, -0.2) is 0 Å². The maximum atomic E-state index is 11.5. The number of hydrogen-bond donors (Lipinski definition) is 1. The first-order valence-electron chi connectivity index (χ1n) is 5.68. The van der Waals surface area contributed by atoms with E-state index in [2.05, 4.69) is 13.8 Å². The Kier molecular flexibility index (Phi) is 2.22. The van der Waals surface area contributed by atoms with Gasteiger partial charge in [-0.1, -0.05) is 20.3 Å². The molecule has 2 aliphatic carbocycles. The summed E-state index contributed by atoms with van der Waals surface area (Å²) in [5.74, 6) is 0.339. The van der Waals surface area contributed by atoms with Gasteiger partial charge in [0.15, 0.2) is 0 Å². The molecule has 0 radical (unpaired) electrons. The Morgan fingerprint density at radius 2 is 2.07 bits per heavy atom. The molecule has 0 spiro atoms. The molecule has 0 aliphatic heterocycles. The van der Waals surface area contributed by atoms with E-state index in [1.54, 1.807) is 0 Å². The van der Waals surface area contributed by atoms with Crippen molar-refractivity contribution in [1.82, 2.24) is 0 Å². The third-order valence-electron chi connectivity index (χ3n) is 4.84. The van der Waals surface area contributed by atoms with E-state index in [1.807, 2.05) is 0 Å². The van der Waals surface area contributed by atoms with Crippen LogP contribution in [0.5, 0.6) is 0 Å². The van der Waals surface area contributed by atoms with Crippen LogP contribution in [0.2, 0.25) is 0 Å². The van der Waals surface area contributed by atoms with Gasteiger partial charge in [0.25, 0.3) is 0 Å². The number of Topliss-reactive ketones (excluding diaryl/α,β-unsaturated/α-hetero) is 1. The Balaban J connectivity index is 2.32. The summed E-state index contributed by atoms with van der Waals surface area (Å²) in [7, 11) is 0. The van der Waals surface area contributed by atoms with Crippen LogP contribution in [0.1, 0.15) is 52.4 Å². The van der Waals surface area contributed by atoms with Crippen LogP contribution in [0.15, 0.2) is 0 Å². The lowest BCUT2D eigenvalue weighted by Crippen LogP contribution is -2.53. The fourth-order valence-corrected chi connectivity index (χ4v) is 3.35. The normalized spacial score (nSPS) is 48.8. The van der Waals surface area contributed by atoms with Crippen molar-refractivity contribution in [3.8, 4) is 0 Å². The predicted molar refractivity (Wildman–Crippen MR) is 54.9 cm³/mol. The molecular formula is C12H20O2. The van der Waals surface area contributed by atoms with Crippen LogP contribution in [0, 0.1) is 10.8 Å². The van der Waals surface area contributed by atoms with E-state index in [-0.39, 0.29) is 16.9 Å². The molecule has 2 saturated carbocycles. The van der Waals surface area contributed by atoms with Gasteiger partial charge in [-0.05, 0) is 24.7 Å². The lowest BCUT2D eigenvalue weighted by atomic mass is 9.50. The maximum absolute atomic E-state index is 11.5. The van der Waals surface area contributed by atoms with Crippen LogP contribution < -0.4 is 0 Å². The summed E-state index contributed by atoms with van der Waals surface area (Å²) in [4.78, 5) is 11.5. The monoisotopic (exact) mass is 196 g/mol. The molecule has 1 N–H and O–H groups in total. The second-order valence-corrected chi connectivity index (χ2v) is 5.60. The highest BCUT2D eigenvalue weighted by molar-refractivity contribution is 5.80. The lowest BCUT2D eigenvalue weighted by molar-refractivity contribution is -0.149. The fraction of sp³-hybridized carbons (Fsp3) is 0.917. The summed E-state index contributed by atoms with van der Waals surface area (Å²) in [5, 5.41) is 10.1. The summed E-state index contributed by atoms with van der Waals surface area (Å²) in [6.45, 7) is 4.36. The second-order valence-electron chi connectivity index (χ2n) is 5.60. The molecule has 14 heavy (non-hydrogen) atoms. The topological polar surface area (TPSA) is 37.3 Å². The Hall–Kier alpha value is -0.370. The van der Waals surface area contributed by atoms with Gasteiger partial charge in [-0.15, -0.1) is 0 Å². The first-order valence-corrected chi connectivity index (χ1v) is 5.68. The minimum atomic E-state index is -0.273. The van der Waals surface area contributed by atoms with E-state index in [0.717, 1.165) is 25.7 Å². The quantitative estimate of drug-likeness (QED) is 0.645. The lowest BCUT2D eigenvalue weighted by Gasteiger charge is -2.55. The smallest absolute Gasteiger partial charge is 0.133 e. The van der Waals surface area contributed by atoms with Gasteiger partial charge in [-0.2, -0.15) is 0 Å². The highest BCUT2D eigenvalue weighted by Gasteiger charge is 2.54. The zero-order chi connectivity index (χ0) is 10.4. The maximum Gasteiger partial charge on any atom is 0.133 e. The number of fused-ring (bicyclic) bond motifs is 1. The molecule has 0 saturated heterocycles. The predicted octanol–water partition coefficient (Wildman–Crippen LogP) is 2.30. The molecule has 0 aromatic heterocycles. The molecule has 0 heterocycles.